The van der Waals surface area contributed by atoms with Crippen molar-refractivity contribution < 1.29 is 4.52 Å². The number of rotatable bonds is 4. The lowest BCUT2D eigenvalue weighted by Gasteiger charge is -2.30. The van der Waals surface area contributed by atoms with E-state index in [9.17, 15) is 0 Å². The molecule has 1 saturated heterocycles. The summed E-state index contributed by atoms with van der Waals surface area (Å²) in [5, 5.41) is 12.6. The van der Waals surface area contributed by atoms with Crippen LogP contribution in [0.1, 0.15) is 42.0 Å². The van der Waals surface area contributed by atoms with Gasteiger partial charge in [-0.3, -0.25) is 4.90 Å². The molecular weight excluding hydrogens is 352 g/mol. The van der Waals surface area contributed by atoms with Crippen LogP contribution >= 0.6 is 0 Å². The summed E-state index contributed by atoms with van der Waals surface area (Å²) in [7, 11) is 2.11. The maximum Gasteiger partial charge on any atom is 0.278 e. The molecule has 0 amide bonds. The molecular formula is C21H26N6O. The minimum Gasteiger partial charge on any atom is -0.332 e. The maximum atomic E-state index is 5.67. The Hall–Kier alpha value is -2.51. The van der Waals surface area contributed by atoms with Crippen molar-refractivity contribution >= 4 is 0 Å². The molecule has 1 N–H and O–H groups in total. The Morgan fingerprint density at radius 2 is 2.07 bits per heavy atom. The molecule has 2 aliphatic rings. The summed E-state index contributed by atoms with van der Waals surface area (Å²) in [5.74, 6) is 1.27. The van der Waals surface area contributed by atoms with Crippen molar-refractivity contribution in [1.82, 2.24) is 30.1 Å². The number of hydrogen-bond acceptors (Lipinski definition) is 6. The number of nitrogens with zero attached hydrogens (tertiary/aromatic N) is 5. The molecule has 28 heavy (non-hydrogen) atoms. The standard InChI is InChI=1S/C21H26N6O/c1-3-14-7-9-15(10-8-14)27-17-6-4-5-16(17)19(24-27)21-23-20(25-28-21)18-13-22-11-12-26(18)2/h7-10,18,22H,3-6,11-13H2,1-2H3. The number of aromatic nitrogens is 4. The second-order valence-corrected chi connectivity index (χ2v) is 7.72. The number of nitrogens with one attached hydrogen (secondary N) is 1. The van der Waals surface area contributed by atoms with E-state index in [1.165, 1.54) is 16.8 Å². The number of aryl methyl sites for hydroxylation is 1. The zero-order valence-electron chi connectivity index (χ0n) is 16.5. The summed E-state index contributed by atoms with van der Waals surface area (Å²) in [6.07, 6.45) is 4.23. The van der Waals surface area contributed by atoms with Crippen LogP contribution in [-0.2, 0) is 19.3 Å². The lowest BCUT2D eigenvalue weighted by Crippen LogP contribution is -2.44. The average molecular weight is 378 g/mol. The molecule has 0 bridgehead atoms. The first-order valence-electron chi connectivity index (χ1n) is 10.2. The summed E-state index contributed by atoms with van der Waals surface area (Å²) in [4.78, 5) is 7.00. The number of hydrogen-bond donors (Lipinski definition) is 1. The normalized spacial score (nSPS) is 19.9. The number of likely N-dealkylation sites (N-methyl/N-ethyl adjacent to an activating group) is 1. The van der Waals surface area contributed by atoms with E-state index < -0.39 is 0 Å². The van der Waals surface area contributed by atoms with Gasteiger partial charge in [0.05, 0.1) is 11.7 Å². The molecule has 5 rings (SSSR count). The average Bonchev–Trinajstić information content (AvgIpc) is 3.45. The molecule has 3 aromatic rings. The summed E-state index contributed by atoms with van der Waals surface area (Å²) in [5.41, 5.74) is 5.80. The highest BCUT2D eigenvalue weighted by atomic mass is 16.5. The Bertz CT molecular complexity index is 973. The summed E-state index contributed by atoms with van der Waals surface area (Å²) in [6.45, 7) is 4.98. The summed E-state index contributed by atoms with van der Waals surface area (Å²) in [6, 6.07) is 8.79. The van der Waals surface area contributed by atoms with Crippen molar-refractivity contribution in [2.45, 2.75) is 38.6 Å². The molecule has 146 valence electrons. The lowest BCUT2D eigenvalue weighted by atomic mass is 10.1. The molecule has 7 heteroatoms. The van der Waals surface area contributed by atoms with Crippen LogP contribution in [0.5, 0.6) is 0 Å². The van der Waals surface area contributed by atoms with Crippen LogP contribution in [-0.4, -0.2) is 51.5 Å². The summed E-state index contributed by atoms with van der Waals surface area (Å²) < 4.78 is 7.74. The first kappa shape index (κ1) is 17.6. The van der Waals surface area contributed by atoms with Crippen LogP contribution in [0, 0.1) is 0 Å². The van der Waals surface area contributed by atoms with E-state index >= 15 is 0 Å². The number of piperazine rings is 1. The third-order valence-electron chi connectivity index (χ3n) is 5.97. The second kappa shape index (κ2) is 7.14. The van der Waals surface area contributed by atoms with Gasteiger partial charge in [-0.25, -0.2) is 4.68 Å². The third kappa shape index (κ3) is 2.95. The van der Waals surface area contributed by atoms with Crippen LogP contribution in [0.25, 0.3) is 17.3 Å². The fourth-order valence-corrected chi connectivity index (χ4v) is 4.26. The minimum atomic E-state index is 0.142. The fraction of sp³-hybridized carbons (Fsp3) is 0.476. The smallest absolute Gasteiger partial charge is 0.278 e. The van der Waals surface area contributed by atoms with Gasteiger partial charge in [0.1, 0.15) is 0 Å². The van der Waals surface area contributed by atoms with Crippen LogP contribution in [0.2, 0.25) is 0 Å². The highest BCUT2D eigenvalue weighted by molar-refractivity contribution is 5.58. The fourth-order valence-electron chi connectivity index (χ4n) is 4.26. The SMILES string of the molecule is CCc1ccc(-n2nc(-c3nc(C4CNCCN4C)no3)c3c2CCC3)cc1. The maximum absolute atomic E-state index is 5.67. The van der Waals surface area contributed by atoms with Gasteiger partial charge in [-0.2, -0.15) is 10.1 Å². The van der Waals surface area contributed by atoms with E-state index in [2.05, 4.69) is 58.3 Å². The van der Waals surface area contributed by atoms with Crippen molar-refractivity contribution in [3.05, 3.63) is 46.9 Å². The van der Waals surface area contributed by atoms with Crippen molar-refractivity contribution in [2.75, 3.05) is 26.7 Å². The van der Waals surface area contributed by atoms with E-state index in [1.54, 1.807) is 0 Å². The van der Waals surface area contributed by atoms with Gasteiger partial charge in [0.25, 0.3) is 5.89 Å². The van der Waals surface area contributed by atoms with E-state index in [1.807, 2.05) is 0 Å². The second-order valence-electron chi connectivity index (χ2n) is 7.72. The Balaban J connectivity index is 1.51. The number of fused-ring (bicyclic) bond motifs is 1. The quantitative estimate of drug-likeness (QED) is 0.752. The first-order chi connectivity index (χ1) is 13.7. The highest BCUT2D eigenvalue weighted by Crippen LogP contribution is 2.33. The molecule has 1 aliphatic heterocycles. The third-order valence-corrected chi connectivity index (χ3v) is 5.97. The Morgan fingerprint density at radius 3 is 2.86 bits per heavy atom. The molecule has 1 aliphatic carbocycles. The van der Waals surface area contributed by atoms with Gasteiger partial charge in [-0.1, -0.05) is 24.2 Å². The van der Waals surface area contributed by atoms with Crippen molar-refractivity contribution in [3.8, 4) is 17.3 Å². The van der Waals surface area contributed by atoms with Crippen LogP contribution < -0.4 is 5.32 Å². The van der Waals surface area contributed by atoms with Crippen molar-refractivity contribution in [3.63, 3.8) is 0 Å². The molecule has 2 aromatic heterocycles. The zero-order chi connectivity index (χ0) is 19.1. The van der Waals surface area contributed by atoms with Gasteiger partial charge in [0, 0.05) is 30.9 Å². The van der Waals surface area contributed by atoms with Crippen LogP contribution in [0.3, 0.4) is 0 Å². The van der Waals surface area contributed by atoms with Gasteiger partial charge >= 0.3 is 0 Å². The zero-order valence-corrected chi connectivity index (χ0v) is 16.5. The Kier molecular flexibility index (Phi) is 4.49. The first-order valence-corrected chi connectivity index (χ1v) is 10.2. The molecule has 0 spiro atoms. The van der Waals surface area contributed by atoms with E-state index in [4.69, 9.17) is 14.6 Å². The highest BCUT2D eigenvalue weighted by Gasteiger charge is 2.30. The Morgan fingerprint density at radius 1 is 1.21 bits per heavy atom. The minimum absolute atomic E-state index is 0.142. The van der Waals surface area contributed by atoms with Crippen molar-refractivity contribution in [2.24, 2.45) is 0 Å². The van der Waals surface area contributed by atoms with Gasteiger partial charge in [-0.05, 0) is 50.4 Å². The van der Waals surface area contributed by atoms with Crippen LogP contribution in [0.4, 0.5) is 0 Å². The monoisotopic (exact) mass is 378 g/mol. The molecule has 0 radical (unpaired) electrons. The van der Waals surface area contributed by atoms with E-state index in [-0.39, 0.29) is 6.04 Å². The van der Waals surface area contributed by atoms with E-state index in [0.717, 1.165) is 62.5 Å². The predicted molar refractivity (Wildman–Crippen MR) is 106 cm³/mol. The predicted octanol–water partition coefficient (Wildman–Crippen LogP) is 2.55. The van der Waals surface area contributed by atoms with E-state index in [0.29, 0.717) is 5.89 Å². The molecule has 7 nitrogen and oxygen atoms in total. The molecule has 1 atom stereocenters. The molecule has 1 unspecified atom stereocenters. The Labute approximate surface area is 164 Å². The molecule has 3 heterocycles. The van der Waals surface area contributed by atoms with Gasteiger partial charge in [0.2, 0.25) is 0 Å². The largest absolute Gasteiger partial charge is 0.332 e. The number of benzene rings is 1. The van der Waals surface area contributed by atoms with Gasteiger partial charge in [-0.15, -0.1) is 0 Å². The molecule has 1 fully saturated rings. The molecule has 1 aromatic carbocycles. The van der Waals surface area contributed by atoms with Gasteiger partial charge < -0.3 is 9.84 Å². The van der Waals surface area contributed by atoms with Gasteiger partial charge in [0.15, 0.2) is 11.5 Å². The van der Waals surface area contributed by atoms with Crippen LogP contribution in [0.15, 0.2) is 28.8 Å². The topological polar surface area (TPSA) is 72.0 Å². The van der Waals surface area contributed by atoms with Crippen molar-refractivity contribution in [1.29, 1.82) is 0 Å². The summed E-state index contributed by atoms with van der Waals surface area (Å²) >= 11 is 0. The lowest BCUT2D eigenvalue weighted by molar-refractivity contribution is 0.190. The molecule has 0 saturated carbocycles.